The van der Waals surface area contributed by atoms with Crippen molar-refractivity contribution in [2.75, 3.05) is 0 Å². The molecule has 0 amide bonds. The number of fused-ring (bicyclic) bond motifs is 2. The summed E-state index contributed by atoms with van der Waals surface area (Å²) in [6, 6.07) is 0. The molecule has 18 heavy (non-hydrogen) atoms. The summed E-state index contributed by atoms with van der Waals surface area (Å²) >= 11 is 0. The molecule has 0 unspecified atom stereocenters. The van der Waals surface area contributed by atoms with E-state index >= 15 is 0 Å². The summed E-state index contributed by atoms with van der Waals surface area (Å²) in [6.45, 7) is 2.22. The van der Waals surface area contributed by atoms with Crippen molar-refractivity contribution in [3.63, 3.8) is 0 Å². The quantitative estimate of drug-likeness (QED) is 0.559. The van der Waals surface area contributed by atoms with E-state index < -0.39 is 0 Å². The van der Waals surface area contributed by atoms with Gasteiger partial charge in [-0.05, 0) is 45.1 Å². The minimum absolute atomic E-state index is 0.0297. The molecule has 1 saturated heterocycles. The van der Waals surface area contributed by atoms with Crippen LogP contribution in [0.25, 0.3) is 0 Å². The Labute approximate surface area is 108 Å². The highest BCUT2D eigenvalue weighted by Crippen LogP contribution is 2.46. The summed E-state index contributed by atoms with van der Waals surface area (Å²) in [4.78, 5) is 12.0. The van der Waals surface area contributed by atoms with Gasteiger partial charge in [-0.25, -0.2) is 0 Å². The fourth-order valence-electron chi connectivity index (χ4n) is 3.31. The second kappa shape index (κ2) is 4.42. The van der Waals surface area contributed by atoms with E-state index in [0.29, 0.717) is 0 Å². The van der Waals surface area contributed by atoms with Crippen molar-refractivity contribution >= 4 is 5.97 Å². The van der Waals surface area contributed by atoms with Crippen LogP contribution in [0.2, 0.25) is 0 Å². The van der Waals surface area contributed by atoms with Gasteiger partial charge in [0.05, 0.1) is 5.41 Å². The number of rotatable bonds is 3. The summed E-state index contributed by atoms with van der Waals surface area (Å²) in [5.41, 5.74) is 2.80. The highest BCUT2D eigenvalue weighted by atomic mass is 16.6. The minimum atomic E-state index is -0.214. The predicted molar refractivity (Wildman–Crippen MR) is 71.0 cm³/mol. The van der Waals surface area contributed by atoms with E-state index in [1.165, 1.54) is 11.1 Å². The van der Waals surface area contributed by atoms with Crippen LogP contribution in [0.5, 0.6) is 0 Å². The molecule has 0 aromatic carbocycles. The number of ether oxygens (including phenoxy) is 1. The summed E-state index contributed by atoms with van der Waals surface area (Å²) < 4.78 is 5.40. The van der Waals surface area contributed by atoms with Gasteiger partial charge < -0.3 is 4.74 Å². The van der Waals surface area contributed by atoms with Gasteiger partial charge in [0.1, 0.15) is 6.10 Å². The number of esters is 1. The summed E-state index contributed by atoms with van der Waals surface area (Å²) in [6.07, 6.45) is 14.6. The maximum absolute atomic E-state index is 12.0. The van der Waals surface area contributed by atoms with E-state index in [1.807, 2.05) is 6.08 Å². The molecule has 1 fully saturated rings. The lowest BCUT2D eigenvalue weighted by atomic mass is 9.73. The third-order valence-electron chi connectivity index (χ3n) is 4.61. The van der Waals surface area contributed by atoms with Crippen LogP contribution in [0.4, 0.5) is 0 Å². The minimum Gasteiger partial charge on any atom is -0.458 e. The zero-order chi connectivity index (χ0) is 12.6. The molecule has 2 heteroatoms. The standard InChI is InChI=1S/C16H20O2/c1-12-5-2-3-6-13(12)8-10-16-9-4-7-14(11-16)18-15(16)17/h2-4,7,14H,5-6,8-11H2,1H3/t14-,16-/m1/s1. The van der Waals surface area contributed by atoms with E-state index in [-0.39, 0.29) is 17.5 Å². The molecule has 0 spiro atoms. The molecule has 2 bridgehead atoms. The first kappa shape index (κ1) is 11.8. The first-order valence-corrected chi connectivity index (χ1v) is 6.90. The fourth-order valence-corrected chi connectivity index (χ4v) is 3.31. The van der Waals surface area contributed by atoms with Gasteiger partial charge in [0.25, 0.3) is 0 Å². The van der Waals surface area contributed by atoms with E-state index in [4.69, 9.17) is 4.74 Å². The molecule has 0 aromatic rings. The van der Waals surface area contributed by atoms with Gasteiger partial charge in [-0.1, -0.05) is 29.4 Å². The van der Waals surface area contributed by atoms with Crippen molar-refractivity contribution in [3.05, 3.63) is 35.5 Å². The Bertz CT molecular complexity index is 456. The van der Waals surface area contributed by atoms with Gasteiger partial charge in [0, 0.05) is 6.42 Å². The summed E-state index contributed by atoms with van der Waals surface area (Å²) in [5, 5.41) is 0. The highest BCUT2D eigenvalue weighted by Gasteiger charge is 2.48. The molecule has 2 atom stereocenters. The lowest BCUT2D eigenvalue weighted by Gasteiger charge is -2.26. The van der Waals surface area contributed by atoms with Crippen LogP contribution in [-0.2, 0) is 9.53 Å². The maximum Gasteiger partial charge on any atom is 0.313 e. The number of hydrogen-bond donors (Lipinski definition) is 0. The van der Waals surface area contributed by atoms with Gasteiger partial charge in [-0.3, -0.25) is 4.79 Å². The van der Waals surface area contributed by atoms with Crippen molar-refractivity contribution in [3.8, 4) is 0 Å². The zero-order valence-electron chi connectivity index (χ0n) is 10.9. The van der Waals surface area contributed by atoms with Crippen molar-refractivity contribution in [1.82, 2.24) is 0 Å². The van der Waals surface area contributed by atoms with Crippen LogP contribution in [0.3, 0.4) is 0 Å². The zero-order valence-corrected chi connectivity index (χ0v) is 10.9. The van der Waals surface area contributed by atoms with Crippen molar-refractivity contribution < 1.29 is 9.53 Å². The van der Waals surface area contributed by atoms with Gasteiger partial charge in [0.2, 0.25) is 0 Å². The largest absolute Gasteiger partial charge is 0.458 e. The normalized spacial score (nSPS) is 34.1. The number of allylic oxidation sites excluding steroid dienone is 5. The molecule has 1 aliphatic heterocycles. The van der Waals surface area contributed by atoms with Crippen molar-refractivity contribution in [2.24, 2.45) is 5.41 Å². The molecule has 1 heterocycles. The van der Waals surface area contributed by atoms with Crippen LogP contribution >= 0.6 is 0 Å². The topological polar surface area (TPSA) is 26.3 Å². The Morgan fingerprint density at radius 2 is 2.17 bits per heavy atom. The number of hydrogen-bond acceptors (Lipinski definition) is 2. The lowest BCUT2D eigenvalue weighted by Crippen LogP contribution is -2.27. The van der Waals surface area contributed by atoms with Crippen LogP contribution in [0.15, 0.2) is 35.5 Å². The lowest BCUT2D eigenvalue weighted by molar-refractivity contribution is -0.147. The smallest absolute Gasteiger partial charge is 0.313 e. The second-order valence-corrected chi connectivity index (χ2v) is 5.82. The first-order valence-electron chi connectivity index (χ1n) is 6.90. The third-order valence-corrected chi connectivity index (χ3v) is 4.61. The van der Waals surface area contributed by atoms with Gasteiger partial charge in [0.15, 0.2) is 0 Å². The van der Waals surface area contributed by atoms with Gasteiger partial charge in [-0.15, -0.1) is 0 Å². The molecule has 3 aliphatic rings. The first-order chi connectivity index (χ1) is 8.70. The van der Waals surface area contributed by atoms with Crippen molar-refractivity contribution in [1.29, 1.82) is 0 Å². The van der Waals surface area contributed by atoms with Crippen LogP contribution in [0, 0.1) is 5.41 Å². The average Bonchev–Trinajstić information content (AvgIpc) is 2.59. The molecule has 96 valence electrons. The second-order valence-electron chi connectivity index (χ2n) is 5.82. The fraction of sp³-hybridized carbons (Fsp3) is 0.562. The maximum atomic E-state index is 12.0. The predicted octanol–water partition coefficient (Wildman–Crippen LogP) is 3.69. The Hall–Kier alpha value is -1.31. The van der Waals surface area contributed by atoms with E-state index in [1.54, 1.807) is 0 Å². The number of carbonyl (C=O) groups excluding carboxylic acids is 1. The summed E-state index contributed by atoms with van der Waals surface area (Å²) in [7, 11) is 0. The molecule has 3 rings (SSSR count). The van der Waals surface area contributed by atoms with E-state index in [2.05, 4.69) is 25.2 Å². The molecular formula is C16H20O2. The molecule has 2 nitrogen and oxygen atoms in total. The average molecular weight is 244 g/mol. The molecular weight excluding hydrogens is 224 g/mol. The molecule has 0 saturated carbocycles. The van der Waals surface area contributed by atoms with Crippen LogP contribution in [0.1, 0.15) is 45.4 Å². The number of carbonyl (C=O) groups is 1. The van der Waals surface area contributed by atoms with Crippen molar-refractivity contribution in [2.45, 2.75) is 51.6 Å². The molecule has 2 aliphatic carbocycles. The van der Waals surface area contributed by atoms with Crippen LogP contribution < -0.4 is 0 Å². The van der Waals surface area contributed by atoms with Crippen LogP contribution in [-0.4, -0.2) is 12.1 Å². The molecule has 0 aromatic heterocycles. The molecule has 0 N–H and O–H groups in total. The Morgan fingerprint density at radius 1 is 1.33 bits per heavy atom. The van der Waals surface area contributed by atoms with Gasteiger partial charge in [-0.2, -0.15) is 0 Å². The highest BCUT2D eigenvalue weighted by molar-refractivity contribution is 5.80. The molecule has 0 radical (unpaired) electrons. The Kier molecular flexibility index (Phi) is 2.89. The summed E-state index contributed by atoms with van der Waals surface area (Å²) in [5.74, 6) is 0.0297. The van der Waals surface area contributed by atoms with Gasteiger partial charge >= 0.3 is 5.97 Å². The van der Waals surface area contributed by atoms with E-state index in [9.17, 15) is 4.79 Å². The Morgan fingerprint density at radius 3 is 3.00 bits per heavy atom. The SMILES string of the molecule is CC1=C(CC[C@]23CC=C[C@H](C2)OC3=O)CC=CC1. The Balaban J connectivity index is 1.70. The monoisotopic (exact) mass is 244 g/mol. The third kappa shape index (κ3) is 1.94. The van der Waals surface area contributed by atoms with E-state index in [0.717, 1.165) is 38.5 Å².